The smallest absolute Gasteiger partial charge is 0.313 e. The van der Waals surface area contributed by atoms with Crippen LogP contribution < -0.4 is 16.0 Å². The summed E-state index contributed by atoms with van der Waals surface area (Å²) >= 11 is 0. The minimum Gasteiger partial charge on any atom is -0.345 e. The summed E-state index contributed by atoms with van der Waals surface area (Å²) in [6.07, 6.45) is 4.50. The van der Waals surface area contributed by atoms with E-state index in [1.807, 2.05) is 6.07 Å². The lowest BCUT2D eigenvalue weighted by molar-refractivity contribution is -0.137. The molecule has 0 bridgehead atoms. The van der Waals surface area contributed by atoms with Crippen LogP contribution in [0.2, 0.25) is 0 Å². The second-order valence-corrected chi connectivity index (χ2v) is 7.55. The zero-order valence-corrected chi connectivity index (χ0v) is 16.6. The molecular formula is C22H26N4O3. The molecule has 1 saturated carbocycles. The first-order chi connectivity index (χ1) is 13.9. The Morgan fingerprint density at radius 2 is 1.69 bits per heavy atom. The first-order valence-electron chi connectivity index (χ1n) is 9.88. The molecule has 1 aliphatic carbocycles. The highest BCUT2D eigenvalue weighted by molar-refractivity contribution is 6.39. The van der Waals surface area contributed by atoms with Gasteiger partial charge in [0.15, 0.2) is 0 Å². The monoisotopic (exact) mass is 394 g/mol. The van der Waals surface area contributed by atoms with Crippen LogP contribution in [0.1, 0.15) is 43.5 Å². The Morgan fingerprint density at radius 1 is 0.931 bits per heavy atom. The van der Waals surface area contributed by atoms with Gasteiger partial charge in [-0.25, -0.2) is 4.98 Å². The summed E-state index contributed by atoms with van der Waals surface area (Å²) < 4.78 is 0. The molecule has 1 heterocycles. The van der Waals surface area contributed by atoms with Crippen molar-refractivity contribution in [2.24, 2.45) is 11.8 Å². The highest BCUT2D eigenvalue weighted by Crippen LogP contribution is 2.29. The van der Waals surface area contributed by atoms with Gasteiger partial charge in [0.05, 0.1) is 11.9 Å². The first-order valence-corrected chi connectivity index (χ1v) is 9.88. The van der Waals surface area contributed by atoms with Gasteiger partial charge in [0.2, 0.25) is 0 Å². The SMILES string of the molecule is CC1CCCC(NC(=O)C(=O)Nc2ccc(NC(=O)c3ccccc3)nc2)C1C. The summed E-state index contributed by atoms with van der Waals surface area (Å²) in [7, 11) is 0. The second kappa shape index (κ2) is 9.32. The number of nitrogens with zero attached hydrogens (tertiary/aromatic N) is 1. The summed E-state index contributed by atoms with van der Waals surface area (Å²) in [5, 5.41) is 8.07. The minimum absolute atomic E-state index is 0.0192. The van der Waals surface area contributed by atoms with Crippen molar-refractivity contribution in [3.8, 4) is 0 Å². The predicted molar refractivity (Wildman–Crippen MR) is 111 cm³/mol. The lowest BCUT2D eigenvalue weighted by atomic mass is 9.78. The number of benzene rings is 1. The van der Waals surface area contributed by atoms with Crippen LogP contribution in [0.15, 0.2) is 48.7 Å². The number of anilines is 2. The van der Waals surface area contributed by atoms with Crippen LogP contribution in [-0.4, -0.2) is 28.7 Å². The molecule has 3 rings (SSSR count). The van der Waals surface area contributed by atoms with Crippen LogP contribution in [0.4, 0.5) is 11.5 Å². The summed E-state index contributed by atoms with van der Waals surface area (Å²) in [5.41, 5.74) is 0.905. The Balaban J connectivity index is 1.53. The number of hydrogen-bond donors (Lipinski definition) is 3. The molecule has 1 fully saturated rings. The van der Waals surface area contributed by atoms with E-state index >= 15 is 0 Å². The Bertz CT molecular complexity index is 867. The van der Waals surface area contributed by atoms with Crippen LogP contribution in [0, 0.1) is 11.8 Å². The van der Waals surface area contributed by atoms with E-state index in [0.29, 0.717) is 28.9 Å². The number of carbonyl (C=O) groups is 3. The molecule has 1 aromatic heterocycles. The zero-order chi connectivity index (χ0) is 20.8. The minimum atomic E-state index is -0.724. The molecule has 1 aliphatic rings. The fourth-order valence-corrected chi connectivity index (χ4v) is 3.53. The van der Waals surface area contributed by atoms with E-state index in [9.17, 15) is 14.4 Å². The van der Waals surface area contributed by atoms with Crippen molar-refractivity contribution in [2.45, 2.75) is 39.2 Å². The van der Waals surface area contributed by atoms with Gasteiger partial charge in [-0.15, -0.1) is 0 Å². The third-order valence-corrected chi connectivity index (χ3v) is 5.53. The highest BCUT2D eigenvalue weighted by atomic mass is 16.2. The molecule has 3 unspecified atom stereocenters. The molecule has 1 aromatic carbocycles. The predicted octanol–water partition coefficient (Wildman–Crippen LogP) is 3.21. The summed E-state index contributed by atoms with van der Waals surface area (Å²) in [4.78, 5) is 40.7. The van der Waals surface area contributed by atoms with Gasteiger partial charge in [-0.05, 0) is 42.5 Å². The van der Waals surface area contributed by atoms with Gasteiger partial charge in [0.1, 0.15) is 5.82 Å². The van der Waals surface area contributed by atoms with Crippen LogP contribution in [0.25, 0.3) is 0 Å². The van der Waals surface area contributed by atoms with Crippen molar-refractivity contribution in [2.75, 3.05) is 10.6 Å². The lowest BCUT2D eigenvalue weighted by Gasteiger charge is -2.34. The van der Waals surface area contributed by atoms with E-state index in [1.54, 1.807) is 36.4 Å². The molecule has 7 nitrogen and oxygen atoms in total. The van der Waals surface area contributed by atoms with Crippen molar-refractivity contribution < 1.29 is 14.4 Å². The largest absolute Gasteiger partial charge is 0.345 e. The van der Waals surface area contributed by atoms with Gasteiger partial charge >= 0.3 is 11.8 Å². The third-order valence-electron chi connectivity index (χ3n) is 5.53. The molecular weight excluding hydrogens is 368 g/mol. The number of amides is 3. The molecule has 3 N–H and O–H groups in total. The zero-order valence-electron chi connectivity index (χ0n) is 16.6. The third kappa shape index (κ3) is 5.40. The lowest BCUT2D eigenvalue weighted by Crippen LogP contribution is -2.47. The van der Waals surface area contributed by atoms with Crippen molar-refractivity contribution in [3.63, 3.8) is 0 Å². The normalized spacial score (nSPS) is 21.1. The van der Waals surface area contributed by atoms with Crippen molar-refractivity contribution in [1.29, 1.82) is 0 Å². The molecule has 0 spiro atoms. The van der Waals surface area contributed by atoms with Gasteiger partial charge in [-0.1, -0.05) is 44.9 Å². The molecule has 2 aromatic rings. The maximum atomic E-state index is 12.2. The van der Waals surface area contributed by atoms with Crippen molar-refractivity contribution in [3.05, 3.63) is 54.2 Å². The quantitative estimate of drug-likeness (QED) is 0.693. The molecule has 7 heteroatoms. The average Bonchev–Trinajstić information content (AvgIpc) is 2.73. The fourth-order valence-electron chi connectivity index (χ4n) is 3.53. The van der Waals surface area contributed by atoms with Gasteiger partial charge in [-0.3, -0.25) is 14.4 Å². The van der Waals surface area contributed by atoms with Gasteiger partial charge < -0.3 is 16.0 Å². The Hall–Kier alpha value is -3.22. The second-order valence-electron chi connectivity index (χ2n) is 7.55. The fraction of sp³-hybridized carbons (Fsp3) is 0.364. The van der Waals surface area contributed by atoms with E-state index in [2.05, 4.69) is 34.8 Å². The first kappa shape index (κ1) is 20.5. The van der Waals surface area contributed by atoms with E-state index < -0.39 is 11.8 Å². The van der Waals surface area contributed by atoms with Gasteiger partial charge in [0, 0.05) is 11.6 Å². The molecule has 3 amide bonds. The Kier molecular flexibility index (Phi) is 6.59. The van der Waals surface area contributed by atoms with E-state index in [4.69, 9.17) is 0 Å². The summed E-state index contributed by atoms with van der Waals surface area (Å²) in [6.45, 7) is 4.28. The van der Waals surface area contributed by atoms with Crippen molar-refractivity contribution >= 4 is 29.2 Å². The van der Waals surface area contributed by atoms with Gasteiger partial charge in [0.25, 0.3) is 5.91 Å². The van der Waals surface area contributed by atoms with E-state index in [-0.39, 0.29) is 11.9 Å². The highest BCUT2D eigenvalue weighted by Gasteiger charge is 2.29. The topological polar surface area (TPSA) is 100 Å². The molecule has 152 valence electrons. The number of rotatable bonds is 4. The van der Waals surface area contributed by atoms with Crippen LogP contribution in [-0.2, 0) is 9.59 Å². The van der Waals surface area contributed by atoms with Crippen LogP contribution in [0.3, 0.4) is 0 Å². The maximum absolute atomic E-state index is 12.2. The molecule has 0 radical (unpaired) electrons. The Labute approximate surface area is 170 Å². The summed E-state index contributed by atoms with van der Waals surface area (Å²) in [6, 6.07) is 12.0. The van der Waals surface area contributed by atoms with Crippen LogP contribution in [0.5, 0.6) is 0 Å². The van der Waals surface area contributed by atoms with E-state index in [0.717, 1.165) is 19.3 Å². The van der Waals surface area contributed by atoms with Crippen LogP contribution >= 0.6 is 0 Å². The number of carbonyl (C=O) groups excluding carboxylic acids is 3. The molecule has 29 heavy (non-hydrogen) atoms. The molecule has 3 atom stereocenters. The number of pyridine rings is 1. The molecule has 0 aliphatic heterocycles. The standard InChI is InChI=1S/C22H26N4O3/c1-14-7-6-10-18(15(14)2)25-22(29)21(28)24-17-11-12-19(23-13-17)26-20(27)16-8-4-3-5-9-16/h3-5,8-9,11-15,18H,6-7,10H2,1-2H3,(H,24,28)(H,25,29)(H,23,26,27). The van der Waals surface area contributed by atoms with Gasteiger partial charge in [-0.2, -0.15) is 0 Å². The average molecular weight is 394 g/mol. The molecule has 0 saturated heterocycles. The summed E-state index contributed by atoms with van der Waals surface area (Å²) in [5.74, 6) is -0.415. The number of aromatic nitrogens is 1. The number of nitrogens with one attached hydrogen (secondary N) is 3. The Morgan fingerprint density at radius 3 is 2.38 bits per heavy atom. The van der Waals surface area contributed by atoms with E-state index in [1.165, 1.54) is 6.20 Å². The maximum Gasteiger partial charge on any atom is 0.313 e. The van der Waals surface area contributed by atoms with Crippen molar-refractivity contribution in [1.82, 2.24) is 10.3 Å². The number of hydrogen-bond acceptors (Lipinski definition) is 4.